The van der Waals surface area contributed by atoms with Crippen LogP contribution in [0, 0.1) is 0 Å². The van der Waals surface area contributed by atoms with Crippen molar-refractivity contribution in [1.29, 1.82) is 0 Å². The van der Waals surface area contributed by atoms with Gasteiger partial charge in [0, 0.05) is 96.1 Å². The number of allylic oxidation sites excluding steroid dienone is 1. The highest BCUT2D eigenvalue weighted by atomic mass is 79.9. The van der Waals surface area contributed by atoms with Crippen LogP contribution in [0.5, 0.6) is 0 Å². The Hall–Kier alpha value is -2.63. The average molecular weight is 946 g/mol. The molecular weight excluding hydrogens is 882 g/mol. The number of guanidine groups is 1. The van der Waals surface area contributed by atoms with Crippen molar-refractivity contribution >= 4 is 80.5 Å². The van der Waals surface area contributed by atoms with E-state index in [-0.39, 0.29) is 0 Å². The summed E-state index contributed by atoms with van der Waals surface area (Å²) in [6, 6.07) is 24.9. The third-order valence-electron chi connectivity index (χ3n) is 9.83. The second-order valence-corrected chi connectivity index (χ2v) is 18.8. The van der Waals surface area contributed by atoms with Crippen LogP contribution in [-0.4, -0.2) is 125 Å². The van der Waals surface area contributed by atoms with Crippen LogP contribution < -0.4 is 16.0 Å². The zero-order valence-electron chi connectivity index (χ0n) is 35.2. The van der Waals surface area contributed by atoms with Gasteiger partial charge >= 0.3 is 0 Å². The summed E-state index contributed by atoms with van der Waals surface area (Å²) >= 11 is 13.3. The maximum absolute atomic E-state index is 6.12. The van der Waals surface area contributed by atoms with E-state index < -0.39 is 0 Å². The maximum atomic E-state index is 6.12. The fourth-order valence-corrected chi connectivity index (χ4v) is 9.03. The van der Waals surface area contributed by atoms with E-state index in [1.165, 1.54) is 23.0 Å². The third-order valence-corrected chi connectivity index (χ3v) is 13.3. The van der Waals surface area contributed by atoms with E-state index in [1.807, 2.05) is 30.1 Å². The van der Waals surface area contributed by atoms with Gasteiger partial charge in [-0.1, -0.05) is 49.7 Å². The minimum absolute atomic E-state index is 0.319. The molecule has 3 aromatic rings. The largest absolute Gasteiger partial charge is 0.403 e. The summed E-state index contributed by atoms with van der Waals surface area (Å²) in [5.41, 5.74) is 8.49. The highest BCUT2D eigenvalue weighted by molar-refractivity contribution is 9.10. The number of piperidine rings is 1. The third kappa shape index (κ3) is 18.4. The van der Waals surface area contributed by atoms with E-state index in [1.54, 1.807) is 11.8 Å². The summed E-state index contributed by atoms with van der Waals surface area (Å²) in [6.45, 7) is 16.1. The minimum atomic E-state index is 0.319. The van der Waals surface area contributed by atoms with E-state index in [2.05, 4.69) is 109 Å². The number of nitrogens with one attached hydrogen (secondary N) is 1. The molecule has 0 aromatic heterocycles. The van der Waals surface area contributed by atoms with Gasteiger partial charge in [-0.15, -0.1) is 11.8 Å². The van der Waals surface area contributed by atoms with Crippen LogP contribution in [0.15, 0.2) is 108 Å². The molecule has 2 fully saturated rings. The molecular formula is C45H63BrClN7O4S2. The average Bonchev–Trinajstić information content (AvgIpc) is 3.26. The standard InChI is InChI=1S/C45H63BrClN7O4S2/c1-36(2)59-44-13-7-5-11-42(44)51-45(49-35-37(47)34-48)50-38-14-16-39(17-15-38)53-24-22-52(23-25-53)26-29-55-27-8-3-9-28-56-30-31-57-32-33-58-40-18-20-54(21-19-40)60-43-12-6-4-10-41(43)46/h4-7,10-17,34-36,40H,3,8-9,18-33,48H2,1-2H3,(H,50,51)/b37-34-,49-35-. The highest BCUT2D eigenvalue weighted by Gasteiger charge is 2.21. The van der Waals surface area contributed by atoms with Gasteiger partial charge in [-0.25, -0.2) is 14.3 Å². The van der Waals surface area contributed by atoms with E-state index in [0.717, 1.165) is 118 Å². The van der Waals surface area contributed by atoms with Crippen LogP contribution in [0.4, 0.5) is 17.1 Å². The fourth-order valence-electron chi connectivity index (χ4n) is 6.61. The molecule has 0 unspecified atom stereocenters. The molecule has 0 amide bonds. The molecule has 0 radical (unpaired) electrons. The van der Waals surface area contributed by atoms with E-state index >= 15 is 0 Å². The quantitative estimate of drug-likeness (QED) is 0.0295. The molecule has 328 valence electrons. The first-order valence-electron chi connectivity index (χ1n) is 21.2. The zero-order chi connectivity index (χ0) is 42.2. The van der Waals surface area contributed by atoms with Gasteiger partial charge < -0.3 is 34.9 Å². The number of hydrogen-bond acceptors (Lipinski definition) is 11. The predicted molar refractivity (Wildman–Crippen MR) is 257 cm³/mol. The molecule has 60 heavy (non-hydrogen) atoms. The second-order valence-electron chi connectivity index (χ2n) is 14.8. The fraction of sp³-hybridized carbons (Fsp3) is 0.511. The highest BCUT2D eigenvalue weighted by Crippen LogP contribution is 2.33. The molecule has 3 aromatic carbocycles. The lowest BCUT2D eigenvalue weighted by Crippen LogP contribution is -2.47. The van der Waals surface area contributed by atoms with Crippen molar-refractivity contribution in [3.8, 4) is 0 Å². The Bertz CT molecular complexity index is 1760. The summed E-state index contributed by atoms with van der Waals surface area (Å²) in [5.74, 6) is 0.425. The first kappa shape index (κ1) is 48.4. The lowest BCUT2D eigenvalue weighted by Gasteiger charge is -2.36. The van der Waals surface area contributed by atoms with Gasteiger partial charge in [0.05, 0.1) is 56.1 Å². The number of anilines is 2. The topological polar surface area (TPSA) is 109 Å². The molecule has 5 rings (SSSR count). The van der Waals surface area contributed by atoms with Crippen molar-refractivity contribution in [2.24, 2.45) is 15.7 Å². The normalized spacial score (nSPS) is 16.4. The van der Waals surface area contributed by atoms with Crippen LogP contribution in [0.1, 0.15) is 46.0 Å². The van der Waals surface area contributed by atoms with Gasteiger partial charge in [0.1, 0.15) is 0 Å². The van der Waals surface area contributed by atoms with Crippen molar-refractivity contribution < 1.29 is 18.9 Å². The first-order chi connectivity index (χ1) is 29.4. The number of unbranched alkanes of at least 4 members (excludes halogenated alkanes) is 2. The number of rotatable bonds is 24. The van der Waals surface area contributed by atoms with Crippen molar-refractivity contribution in [2.45, 2.75) is 67.1 Å². The monoisotopic (exact) mass is 943 g/mol. The number of thioether (sulfide) groups is 1. The SMILES string of the molecule is CC(C)Sc1ccccc1N=C(/N=C\C(Cl)=C\N)Nc1ccc(N2CCN(CCOCCCCCOCCOCCOC3CCN(Sc4ccccc4Br)CC3)CC2)cc1. The van der Waals surface area contributed by atoms with Crippen molar-refractivity contribution in [3.63, 3.8) is 0 Å². The summed E-state index contributed by atoms with van der Waals surface area (Å²) in [5, 5.41) is 4.11. The Morgan fingerprint density at radius 2 is 1.47 bits per heavy atom. The van der Waals surface area contributed by atoms with Crippen molar-refractivity contribution in [3.05, 3.63) is 88.5 Å². The van der Waals surface area contributed by atoms with Gasteiger partial charge in [0.15, 0.2) is 0 Å². The van der Waals surface area contributed by atoms with Crippen LogP contribution in [0.25, 0.3) is 0 Å². The number of aliphatic imine (C=N–C) groups is 2. The summed E-state index contributed by atoms with van der Waals surface area (Å²) in [6.07, 6.45) is 8.43. The number of nitrogens with zero attached hydrogens (tertiary/aromatic N) is 5. The van der Waals surface area contributed by atoms with Crippen molar-refractivity contribution in [2.75, 3.05) is 102 Å². The molecule has 0 aliphatic carbocycles. The zero-order valence-corrected chi connectivity index (χ0v) is 39.2. The summed E-state index contributed by atoms with van der Waals surface area (Å²) < 4.78 is 27.1. The second kappa shape index (κ2) is 28.1. The first-order valence-corrected chi connectivity index (χ1v) is 24.0. The molecule has 2 aliphatic rings. The Morgan fingerprint density at radius 3 is 2.17 bits per heavy atom. The Morgan fingerprint density at radius 1 is 0.817 bits per heavy atom. The number of hydrogen-bond donors (Lipinski definition) is 2. The lowest BCUT2D eigenvalue weighted by atomic mass is 10.1. The molecule has 0 spiro atoms. The van der Waals surface area contributed by atoms with Gasteiger partial charge in [0.25, 0.3) is 0 Å². The number of para-hydroxylation sites is 1. The van der Waals surface area contributed by atoms with Crippen LogP contribution in [0.2, 0.25) is 0 Å². The Balaban J connectivity index is 0.852. The number of benzene rings is 3. The molecule has 11 nitrogen and oxygen atoms in total. The Labute approximate surface area is 380 Å². The van der Waals surface area contributed by atoms with Gasteiger partial charge in [-0.05, 0) is 109 Å². The number of ether oxygens (including phenoxy) is 4. The Kier molecular flexibility index (Phi) is 22.7. The van der Waals surface area contributed by atoms with Gasteiger partial charge in [0.2, 0.25) is 5.96 Å². The molecule has 15 heteroatoms. The minimum Gasteiger partial charge on any atom is -0.403 e. The summed E-state index contributed by atoms with van der Waals surface area (Å²) in [4.78, 5) is 16.6. The predicted octanol–water partition coefficient (Wildman–Crippen LogP) is 9.69. The van der Waals surface area contributed by atoms with Crippen molar-refractivity contribution in [1.82, 2.24) is 9.21 Å². The van der Waals surface area contributed by atoms with Gasteiger partial charge in [-0.3, -0.25) is 4.90 Å². The van der Waals surface area contributed by atoms with E-state index in [9.17, 15) is 0 Å². The van der Waals surface area contributed by atoms with Crippen LogP contribution >= 0.6 is 51.2 Å². The van der Waals surface area contributed by atoms with E-state index in [4.69, 9.17) is 41.3 Å². The van der Waals surface area contributed by atoms with Crippen LogP contribution in [-0.2, 0) is 18.9 Å². The number of piperazine rings is 1. The van der Waals surface area contributed by atoms with E-state index in [0.29, 0.717) is 48.8 Å². The lowest BCUT2D eigenvalue weighted by molar-refractivity contribution is -0.0245. The summed E-state index contributed by atoms with van der Waals surface area (Å²) in [7, 11) is 0. The molecule has 2 saturated heterocycles. The molecule has 3 N–H and O–H groups in total. The molecule has 2 heterocycles. The molecule has 0 saturated carbocycles. The maximum Gasteiger partial charge on any atom is 0.227 e. The number of halogens is 2. The smallest absolute Gasteiger partial charge is 0.227 e. The van der Waals surface area contributed by atoms with Crippen LogP contribution in [0.3, 0.4) is 0 Å². The van der Waals surface area contributed by atoms with Gasteiger partial charge in [-0.2, -0.15) is 0 Å². The number of nitrogens with two attached hydrogens (primary N) is 1. The molecule has 2 aliphatic heterocycles. The molecule has 0 bridgehead atoms. The molecule has 0 atom stereocenters.